The number of hydrogen-bond donors (Lipinski definition) is 1. The van der Waals surface area contributed by atoms with E-state index in [1.807, 2.05) is 12.3 Å². The van der Waals surface area contributed by atoms with E-state index in [1.54, 1.807) is 59.4 Å². The molecule has 1 N–H and O–H groups in total. The van der Waals surface area contributed by atoms with Crippen LogP contribution in [0.15, 0.2) is 67.0 Å². The fraction of sp³-hybridized carbons (Fsp3) is 0.182. The van der Waals surface area contributed by atoms with Crippen LogP contribution in [-0.4, -0.2) is 52.7 Å². The third kappa shape index (κ3) is 6.42. The zero-order valence-corrected chi connectivity index (χ0v) is 17.6. The van der Waals surface area contributed by atoms with Gasteiger partial charge in [0, 0.05) is 19.4 Å². The number of aromatic nitrogens is 2. The minimum absolute atomic E-state index is 0.205. The van der Waals surface area contributed by atoms with Crippen LogP contribution >= 0.6 is 11.6 Å². The number of ether oxygens (including phenoxy) is 1. The van der Waals surface area contributed by atoms with Gasteiger partial charge >= 0.3 is 5.97 Å². The quantitative estimate of drug-likeness (QED) is 0.543. The zero-order valence-electron chi connectivity index (χ0n) is 16.8. The molecule has 0 saturated carbocycles. The molecule has 0 aliphatic carbocycles. The van der Waals surface area contributed by atoms with E-state index in [0.29, 0.717) is 22.8 Å². The number of nitrogens with zero attached hydrogens (tertiary/aromatic N) is 3. The topological polar surface area (TPSA) is 93.5 Å². The summed E-state index contributed by atoms with van der Waals surface area (Å²) in [5.74, 6) is -1.53. The first-order valence-electron chi connectivity index (χ1n) is 9.44. The summed E-state index contributed by atoms with van der Waals surface area (Å²) >= 11 is 6.00. The highest BCUT2D eigenvalue weighted by Gasteiger charge is 2.16. The maximum absolute atomic E-state index is 12.2. The van der Waals surface area contributed by atoms with Crippen LogP contribution in [0.3, 0.4) is 0 Å². The van der Waals surface area contributed by atoms with E-state index in [0.717, 1.165) is 5.56 Å². The van der Waals surface area contributed by atoms with Crippen LogP contribution in [0.2, 0.25) is 5.02 Å². The Bertz CT molecular complexity index is 1050. The molecule has 0 atom stereocenters. The zero-order chi connectivity index (χ0) is 22.2. The van der Waals surface area contributed by atoms with Crippen molar-refractivity contribution in [3.63, 3.8) is 0 Å². The van der Waals surface area contributed by atoms with Crippen LogP contribution in [0.5, 0.6) is 0 Å². The lowest BCUT2D eigenvalue weighted by Gasteiger charge is -2.17. The lowest BCUT2D eigenvalue weighted by molar-refractivity contribution is -0.136. The summed E-state index contributed by atoms with van der Waals surface area (Å²) in [7, 11) is 1.45. The first-order valence-corrected chi connectivity index (χ1v) is 9.82. The van der Waals surface area contributed by atoms with E-state index in [4.69, 9.17) is 16.3 Å². The molecule has 3 rings (SSSR count). The van der Waals surface area contributed by atoms with Gasteiger partial charge in [-0.15, -0.1) is 0 Å². The monoisotopic (exact) mass is 440 g/mol. The lowest BCUT2D eigenvalue weighted by atomic mass is 10.1. The largest absolute Gasteiger partial charge is 0.452 e. The first-order chi connectivity index (χ1) is 14.9. The van der Waals surface area contributed by atoms with Gasteiger partial charge in [0.2, 0.25) is 5.91 Å². The number of carbonyl (C=O) groups excluding carboxylic acids is 3. The number of esters is 1. The second-order valence-corrected chi connectivity index (χ2v) is 7.16. The molecule has 1 heterocycles. The third-order valence-electron chi connectivity index (χ3n) is 4.37. The molecule has 8 nitrogen and oxygen atoms in total. The highest BCUT2D eigenvalue weighted by Crippen LogP contribution is 2.20. The molecule has 0 aliphatic heterocycles. The minimum atomic E-state index is -0.618. The van der Waals surface area contributed by atoms with Crippen LogP contribution in [0, 0.1) is 0 Å². The van der Waals surface area contributed by atoms with Gasteiger partial charge in [-0.3, -0.25) is 14.3 Å². The standard InChI is InChI=1S/C22H21ClN4O4/c1-26(14-20(28)25-19-6-3-2-5-18(19)23)21(29)15-31-22(30)17-9-7-16(8-10-17)13-27-12-4-11-24-27/h2-12H,13-15H2,1H3,(H,25,28). The molecule has 160 valence electrons. The van der Waals surface area contributed by atoms with Crippen LogP contribution in [-0.2, 0) is 20.9 Å². The molecule has 0 fully saturated rings. The summed E-state index contributed by atoms with van der Waals surface area (Å²) < 4.78 is 6.84. The van der Waals surface area contributed by atoms with E-state index >= 15 is 0 Å². The number of nitrogens with one attached hydrogen (secondary N) is 1. The SMILES string of the molecule is CN(CC(=O)Nc1ccccc1Cl)C(=O)COC(=O)c1ccc(Cn2cccn2)cc1. The molecular formula is C22H21ClN4O4. The van der Waals surface area contributed by atoms with Crippen LogP contribution in [0.1, 0.15) is 15.9 Å². The summed E-state index contributed by atoms with van der Waals surface area (Å²) in [5, 5.41) is 7.16. The van der Waals surface area contributed by atoms with Crippen molar-refractivity contribution in [2.24, 2.45) is 0 Å². The van der Waals surface area contributed by atoms with Crippen molar-refractivity contribution in [1.29, 1.82) is 0 Å². The van der Waals surface area contributed by atoms with Gasteiger partial charge in [-0.25, -0.2) is 4.79 Å². The summed E-state index contributed by atoms with van der Waals surface area (Å²) in [6.45, 7) is -0.0880. The van der Waals surface area contributed by atoms with Crippen molar-refractivity contribution in [1.82, 2.24) is 14.7 Å². The van der Waals surface area contributed by atoms with E-state index in [2.05, 4.69) is 10.4 Å². The summed E-state index contributed by atoms with van der Waals surface area (Å²) in [5.41, 5.74) is 1.76. The van der Waals surface area contributed by atoms with Crippen molar-refractivity contribution in [3.8, 4) is 0 Å². The Morgan fingerprint density at radius 1 is 1.10 bits per heavy atom. The molecule has 0 bridgehead atoms. The Kier molecular flexibility index (Phi) is 7.40. The molecule has 1 aromatic heterocycles. The number of amides is 2. The first kappa shape index (κ1) is 22.0. The van der Waals surface area contributed by atoms with Crippen molar-refractivity contribution >= 4 is 35.1 Å². The Hall–Kier alpha value is -3.65. The fourth-order valence-corrected chi connectivity index (χ4v) is 2.89. The van der Waals surface area contributed by atoms with E-state index in [1.165, 1.54) is 11.9 Å². The van der Waals surface area contributed by atoms with Crippen molar-refractivity contribution in [2.45, 2.75) is 6.54 Å². The number of anilines is 1. The van der Waals surface area contributed by atoms with Gasteiger partial charge in [-0.2, -0.15) is 5.10 Å². The predicted octanol–water partition coefficient (Wildman–Crippen LogP) is 2.84. The van der Waals surface area contributed by atoms with Gasteiger partial charge in [-0.05, 0) is 35.9 Å². The Morgan fingerprint density at radius 3 is 2.52 bits per heavy atom. The van der Waals surface area contributed by atoms with Gasteiger partial charge in [0.05, 0.1) is 29.4 Å². The van der Waals surface area contributed by atoms with E-state index < -0.39 is 24.4 Å². The Labute approximate surface area is 184 Å². The van der Waals surface area contributed by atoms with Crippen LogP contribution in [0.4, 0.5) is 5.69 Å². The minimum Gasteiger partial charge on any atom is -0.452 e. The molecule has 2 amide bonds. The summed E-state index contributed by atoms with van der Waals surface area (Å²) in [6, 6.07) is 15.5. The van der Waals surface area contributed by atoms with Gasteiger partial charge in [0.25, 0.3) is 5.91 Å². The maximum atomic E-state index is 12.2. The highest BCUT2D eigenvalue weighted by molar-refractivity contribution is 6.33. The normalized spacial score (nSPS) is 10.4. The molecular weight excluding hydrogens is 420 g/mol. The summed E-state index contributed by atoms with van der Waals surface area (Å²) in [4.78, 5) is 37.7. The fourth-order valence-electron chi connectivity index (χ4n) is 2.70. The molecule has 0 radical (unpaired) electrons. The molecule has 0 unspecified atom stereocenters. The number of hydrogen-bond acceptors (Lipinski definition) is 5. The maximum Gasteiger partial charge on any atom is 0.338 e. The van der Waals surface area contributed by atoms with Crippen LogP contribution in [0.25, 0.3) is 0 Å². The number of halogens is 1. The molecule has 0 spiro atoms. The molecule has 9 heteroatoms. The number of benzene rings is 2. The Balaban J connectivity index is 1.45. The van der Waals surface area contributed by atoms with Gasteiger partial charge in [0.15, 0.2) is 6.61 Å². The smallest absolute Gasteiger partial charge is 0.338 e. The van der Waals surface area contributed by atoms with E-state index in [9.17, 15) is 14.4 Å². The van der Waals surface area contributed by atoms with Gasteiger partial charge in [0.1, 0.15) is 0 Å². The second kappa shape index (κ2) is 10.4. The number of likely N-dealkylation sites (N-methyl/N-ethyl adjacent to an activating group) is 1. The van der Waals surface area contributed by atoms with Gasteiger partial charge < -0.3 is 15.0 Å². The molecule has 3 aromatic rings. The average molecular weight is 441 g/mol. The lowest BCUT2D eigenvalue weighted by Crippen LogP contribution is -2.37. The molecule has 2 aromatic carbocycles. The van der Waals surface area contributed by atoms with E-state index in [-0.39, 0.29) is 6.54 Å². The van der Waals surface area contributed by atoms with Crippen molar-refractivity contribution in [3.05, 3.63) is 83.1 Å². The van der Waals surface area contributed by atoms with Crippen molar-refractivity contribution < 1.29 is 19.1 Å². The molecule has 0 aliphatic rings. The van der Waals surface area contributed by atoms with Gasteiger partial charge in [-0.1, -0.05) is 35.9 Å². The second-order valence-electron chi connectivity index (χ2n) is 6.75. The Morgan fingerprint density at radius 2 is 1.84 bits per heavy atom. The third-order valence-corrected chi connectivity index (χ3v) is 4.70. The average Bonchev–Trinajstić information content (AvgIpc) is 3.27. The summed E-state index contributed by atoms with van der Waals surface area (Å²) in [6.07, 6.45) is 3.54. The molecule has 0 saturated heterocycles. The van der Waals surface area contributed by atoms with Crippen molar-refractivity contribution in [2.75, 3.05) is 25.5 Å². The molecule has 31 heavy (non-hydrogen) atoms. The predicted molar refractivity (Wildman–Crippen MR) is 116 cm³/mol. The number of carbonyl (C=O) groups is 3. The highest BCUT2D eigenvalue weighted by atomic mass is 35.5. The van der Waals surface area contributed by atoms with Crippen LogP contribution < -0.4 is 5.32 Å². The number of para-hydroxylation sites is 1. The number of rotatable bonds is 8.